The lowest BCUT2D eigenvalue weighted by Crippen LogP contribution is -2.23. The molecular weight excluding hydrogens is 658 g/mol. The van der Waals surface area contributed by atoms with Gasteiger partial charge in [-0.15, -0.1) is 0 Å². The number of rotatable bonds is 7. The summed E-state index contributed by atoms with van der Waals surface area (Å²) in [6.07, 6.45) is 0. The number of nitrogens with zero attached hydrogens (tertiary/aromatic N) is 6. The maximum Gasteiger partial charge on any atom is 0.257 e. The molecule has 2 aliphatic rings. The molecule has 2 rings (SSSR count). The molecule has 4 unspecified atom stereocenters. The molecule has 0 saturated heterocycles. The van der Waals surface area contributed by atoms with Crippen LogP contribution in [0.1, 0.15) is 0 Å². The van der Waals surface area contributed by atoms with E-state index in [-0.39, 0.29) is 6.67 Å². The number of nitrogens with one attached hydrogen (secondary N) is 4. The minimum atomic E-state index is -3.13. The van der Waals surface area contributed by atoms with Crippen LogP contribution in [0.5, 0.6) is 0 Å². The first-order valence-corrected chi connectivity index (χ1v) is 24.6. The Kier molecular flexibility index (Phi) is 9.95. The molecule has 0 fully saturated rings. The Morgan fingerprint density at radius 2 is 1.00 bits per heavy atom. The summed E-state index contributed by atoms with van der Waals surface area (Å²) in [4.78, 5) is 0. The normalized spacial score (nSPS) is 41.4. The molecule has 0 spiro atoms. The summed E-state index contributed by atoms with van der Waals surface area (Å²) in [5, 5.41) is 11.6. The Hall–Kier alpha value is 3.54. The van der Waals surface area contributed by atoms with E-state index in [1.165, 1.54) is 0 Å². The summed E-state index contributed by atoms with van der Waals surface area (Å²) in [7, 11) is 1.72. The van der Waals surface area contributed by atoms with E-state index in [9.17, 15) is 0 Å². The first-order valence-electron chi connectivity index (χ1n) is 6.78. The monoisotopic (exact) mass is 668 g/mol. The van der Waals surface area contributed by atoms with Gasteiger partial charge >= 0.3 is 0 Å². The fourth-order valence-electron chi connectivity index (χ4n) is 1.71. The van der Waals surface area contributed by atoms with E-state index in [0.29, 0.717) is 6.67 Å². The van der Waals surface area contributed by atoms with Crippen molar-refractivity contribution in [2.24, 2.45) is 27.1 Å². The van der Waals surface area contributed by atoms with Gasteiger partial charge in [0.25, 0.3) is 11.8 Å². The molecule has 0 bridgehead atoms. The zero-order chi connectivity index (χ0) is 21.5. The number of hydrogen-bond acceptors (Lipinski definition) is 10. The van der Waals surface area contributed by atoms with Gasteiger partial charge in [-0.1, -0.05) is 11.2 Å². The van der Waals surface area contributed by atoms with Crippen molar-refractivity contribution in [2.45, 2.75) is 0 Å². The summed E-state index contributed by atoms with van der Waals surface area (Å²) >= 11 is 50.3. The van der Waals surface area contributed by atoms with Crippen LogP contribution in [0, 0.1) is 0 Å². The van der Waals surface area contributed by atoms with Gasteiger partial charge in [0.2, 0.25) is 20.1 Å². The second-order valence-electron chi connectivity index (χ2n) is 5.01. The zero-order valence-electron chi connectivity index (χ0n) is 13.8. The average Bonchev–Trinajstić information content (AvgIpc) is 2.37. The van der Waals surface area contributed by atoms with Crippen molar-refractivity contribution in [1.29, 1.82) is 0 Å². The largest absolute Gasteiger partial charge is 0.307 e. The van der Waals surface area contributed by atoms with Gasteiger partial charge in [-0.05, 0) is 85.7 Å². The maximum absolute atomic E-state index is 6.53. The summed E-state index contributed by atoms with van der Waals surface area (Å²) in [5.41, 5.74) is 0. The van der Waals surface area contributed by atoms with E-state index in [2.05, 4.69) is 47.7 Å². The summed E-state index contributed by atoms with van der Waals surface area (Å²) in [6.45, 7) is -9.82. The van der Waals surface area contributed by atoms with Gasteiger partial charge < -0.3 is 5.32 Å². The van der Waals surface area contributed by atoms with Crippen LogP contribution in [-0.2, 0) is 0 Å². The molecule has 28 heavy (non-hydrogen) atoms. The van der Waals surface area contributed by atoms with Crippen molar-refractivity contribution in [2.75, 3.05) is 27.0 Å². The molecular formula is C4H14Cl8N10P6. The van der Waals surface area contributed by atoms with Gasteiger partial charge in [0.15, 0.2) is 6.56 Å². The first-order chi connectivity index (χ1) is 12.5. The minimum absolute atomic E-state index is 0.0179. The molecule has 4 atom stereocenters. The SMILES string of the molecule is CNCNP1(Cl)=NP(Cl)(Cl)=NP(Cl)(NCNP2(Cl)=NP(Cl)(Cl)=NP(C)(Cl)=N2)=N1. The standard InChI is InChI=1S/C4H14Cl8N10P6/c1-13-3-14-27(11)20-25(8,9)21-28(12,22-27)16-4-15-26(10)18-23(2,5)17-24(6,7)19-26/h13-16H,3-4H2,1-2H3. The Balaban J connectivity index is 2.26. The number of hydrogen-bond donors (Lipinski definition) is 4. The molecule has 2 aliphatic heterocycles. The van der Waals surface area contributed by atoms with Crippen LogP contribution in [-0.4, -0.2) is 27.0 Å². The molecule has 0 aromatic rings. The van der Waals surface area contributed by atoms with Gasteiger partial charge in [0, 0.05) is 6.66 Å². The van der Waals surface area contributed by atoms with E-state index in [0.717, 1.165) is 0 Å². The lowest BCUT2D eigenvalue weighted by molar-refractivity contribution is 0.782. The lowest BCUT2D eigenvalue weighted by atomic mass is 11.1. The molecule has 0 aromatic carbocycles. The van der Waals surface area contributed by atoms with Crippen molar-refractivity contribution in [3.8, 4) is 0 Å². The highest BCUT2D eigenvalue weighted by molar-refractivity contribution is 8.18. The summed E-state index contributed by atoms with van der Waals surface area (Å²) < 4.78 is 25.1. The summed E-state index contributed by atoms with van der Waals surface area (Å²) in [5.74, 6) is -6.17. The van der Waals surface area contributed by atoms with E-state index in [4.69, 9.17) is 89.9 Å². The van der Waals surface area contributed by atoms with Crippen LogP contribution in [0.2, 0.25) is 0 Å². The third-order valence-electron chi connectivity index (χ3n) is 2.49. The van der Waals surface area contributed by atoms with Gasteiger partial charge in [-0.25, -0.2) is 15.3 Å². The number of halogens is 8. The second-order valence-corrected chi connectivity index (χ2v) is 29.7. The highest BCUT2D eigenvalue weighted by Crippen LogP contribution is 2.84. The molecule has 0 radical (unpaired) electrons. The van der Waals surface area contributed by atoms with E-state index < -0.39 is 38.5 Å². The van der Waals surface area contributed by atoms with Crippen LogP contribution in [0.3, 0.4) is 0 Å². The first kappa shape index (κ1) is 27.8. The molecule has 0 saturated carbocycles. The predicted octanol–water partition coefficient (Wildman–Crippen LogP) is 10.2. The third-order valence-corrected chi connectivity index (χ3v) is 26.7. The molecule has 0 aliphatic carbocycles. The van der Waals surface area contributed by atoms with Crippen molar-refractivity contribution < 1.29 is 0 Å². The van der Waals surface area contributed by atoms with Gasteiger partial charge in [0.1, 0.15) is 0 Å². The van der Waals surface area contributed by atoms with Crippen LogP contribution in [0.4, 0.5) is 0 Å². The quantitative estimate of drug-likeness (QED) is 0.159. The highest BCUT2D eigenvalue weighted by atomic mass is 35.9. The van der Waals surface area contributed by atoms with Crippen molar-refractivity contribution >= 4 is 128 Å². The highest BCUT2D eigenvalue weighted by Gasteiger charge is 2.34. The van der Waals surface area contributed by atoms with Gasteiger partial charge in [0.05, 0.1) is 13.3 Å². The predicted molar refractivity (Wildman–Crippen MR) is 137 cm³/mol. The Morgan fingerprint density at radius 3 is 1.50 bits per heavy atom. The molecule has 0 amide bonds. The average molecular weight is 672 g/mol. The van der Waals surface area contributed by atoms with Crippen LogP contribution >= 0.6 is 128 Å². The Labute approximate surface area is 201 Å². The van der Waals surface area contributed by atoms with Crippen LogP contribution in [0.15, 0.2) is 27.1 Å². The van der Waals surface area contributed by atoms with Crippen molar-refractivity contribution in [1.82, 2.24) is 20.6 Å². The van der Waals surface area contributed by atoms with Crippen molar-refractivity contribution in [3.63, 3.8) is 0 Å². The molecule has 10 nitrogen and oxygen atoms in total. The lowest BCUT2D eigenvalue weighted by Gasteiger charge is -2.27. The minimum Gasteiger partial charge on any atom is -0.307 e. The van der Waals surface area contributed by atoms with Crippen molar-refractivity contribution in [3.05, 3.63) is 0 Å². The fraction of sp³-hybridized carbons (Fsp3) is 1.00. The van der Waals surface area contributed by atoms with E-state index >= 15 is 0 Å². The van der Waals surface area contributed by atoms with E-state index in [1.54, 1.807) is 13.7 Å². The third kappa shape index (κ3) is 8.72. The smallest absolute Gasteiger partial charge is 0.257 e. The topological polar surface area (TPSA) is 122 Å². The summed E-state index contributed by atoms with van der Waals surface area (Å²) in [6, 6.07) is 0. The maximum atomic E-state index is 6.53. The van der Waals surface area contributed by atoms with Gasteiger partial charge in [-0.3, -0.25) is 0 Å². The van der Waals surface area contributed by atoms with E-state index in [1.807, 2.05) is 0 Å². The molecule has 24 heteroatoms. The molecule has 2 heterocycles. The fourth-order valence-corrected chi connectivity index (χ4v) is 33.7. The van der Waals surface area contributed by atoms with Gasteiger partial charge in [-0.2, -0.15) is 27.1 Å². The molecule has 166 valence electrons. The second kappa shape index (κ2) is 10.0. The molecule has 0 aromatic heterocycles. The van der Waals surface area contributed by atoms with Crippen LogP contribution in [0.25, 0.3) is 0 Å². The zero-order valence-corrected chi connectivity index (χ0v) is 25.2. The van der Waals surface area contributed by atoms with Crippen LogP contribution < -0.4 is 20.6 Å². The molecule has 4 N–H and O–H groups in total. The Morgan fingerprint density at radius 1 is 0.571 bits per heavy atom. The Bertz CT molecular complexity index is 961.